The van der Waals surface area contributed by atoms with Crippen LogP contribution in [0.5, 0.6) is 5.75 Å². The molecular formula is C17H23N3O3. The molecule has 1 aromatic rings. The van der Waals surface area contributed by atoms with Crippen molar-refractivity contribution in [2.24, 2.45) is 5.92 Å². The first-order chi connectivity index (χ1) is 10.9. The van der Waals surface area contributed by atoms with E-state index in [4.69, 9.17) is 4.74 Å². The number of aliphatic hydroxyl groups is 1. The van der Waals surface area contributed by atoms with Crippen molar-refractivity contribution in [1.29, 1.82) is 5.26 Å². The minimum Gasteiger partial charge on any atom is -0.491 e. The summed E-state index contributed by atoms with van der Waals surface area (Å²) in [6.07, 6.45) is 0.0171. The van der Waals surface area contributed by atoms with E-state index < -0.39 is 11.6 Å². The number of anilines is 1. The summed E-state index contributed by atoms with van der Waals surface area (Å²) in [5, 5.41) is 25.0. The molecule has 6 heteroatoms. The standard InChI is InChI=1S/C17H23N3O3/c1-11(2)17(3,10-18)20-15(22)9-19-13-6-4-5-12-14(21)7-8-23-16(12)13/h4-6,11,14,19,21H,7-9H2,1-3H3,(H,20,22)/t14-,17-/m0/s1. The molecule has 0 spiro atoms. The molecule has 2 rings (SSSR count). The quantitative estimate of drug-likeness (QED) is 0.772. The molecule has 0 unspecified atom stereocenters. The van der Waals surface area contributed by atoms with Crippen LogP contribution in [0.2, 0.25) is 0 Å². The fourth-order valence-corrected chi connectivity index (χ4v) is 2.36. The lowest BCUT2D eigenvalue weighted by molar-refractivity contribution is -0.121. The first kappa shape index (κ1) is 17.1. The van der Waals surface area contributed by atoms with Gasteiger partial charge >= 0.3 is 0 Å². The molecule has 6 nitrogen and oxygen atoms in total. The van der Waals surface area contributed by atoms with Gasteiger partial charge in [-0.25, -0.2) is 0 Å². The number of nitrogens with one attached hydrogen (secondary N) is 2. The van der Waals surface area contributed by atoms with E-state index in [0.29, 0.717) is 24.5 Å². The van der Waals surface area contributed by atoms with Crippen LogP contribution in [0.25, 0.3) is 0 Å². The van der Waals surface area contributed by atoms with Crippen LogP contribution in [0.3, 0.4) is 0 Å². The zero-order chi connectivity index (χ0) is 17.0. The van der Waals surface area contributed by atoms with Gasteiger partial charge in [0.1, 0.15) is 11.3 Å². The second-order valence-corrected chi connectivity index (χ2v) is 6.25. The Hall–Kier alpha value is -2.26. The highest BCUT2D eigenvalue weighted by Gasteiger charge is 2.30. The van der Waals surface area contributed by atoms with Crippen LogP contribution in [0, 0.1) is 17.2 Å². The van der Waals surface area contributed by atoms with Crippen LogP contribution in [0.15, 0.2) is 18.2 Å². The van der Waals surface area contributed by atoms with E-state index in [-0.39, 0.29) is 18.4 Å². The maximum Gasteiger partial charge on any atom is 0.240 e. The van der Waals surface area contributed by atoms with Gasteiger partial charge in [-0.1, -0.05) is 26.0 Å². The van der Waals surface area contributed by atoms with E-state index in [2.05, 4.69) is 16.7 Å². The predicted octanol–water partition coefficient (Wildman–Crippen LogP) is 1.97. The summed E-state index contributed by atoms with van der Waals surface area (Å²) in [6.45, 7) is 5.96. The average molecular weight is 317 g/mol. The molecule has 1 aliphatic heterocycles. The first-order valence-electron chi connectivity index (χ1n) is 7.77. The van der Waals surface area contributed by atoms with E-state index in [9.17, 15) is 15.2 Å². The van der Waals surface area contributed by atoms with Gasteiger partial charge in [-0.3, -0.25) is 4.79 Å². The molecule has 0 saturated carbocycles. The van der Waals surface area contributed by atoms with Crippen LogP contribution in [-0.4, -0.2) is 29.7 Å². The molecular weight excluding hydrogens is 294 g/mol. The smallest absolute Gasteiger partial charge is 0.240 e. The molecule has 1 aliphatic rings. The Morgan fingerprint density at radius 1 is 1.57 bits per heavy atom. The molecule has 0 aliphatic carbocycles. The fourth-order valence-electron chi connectivity index (χ4n) is 2.36. The van der Waals surface area contributed by atoms with Crippen molar-refractivity contribution in [3.05, 3.63) is 23.8 Å². The van der Waals surface area contributed by atoms with E-state index in [0.717, 1.165) is 5.56 Å². The molecule has 1 aromatic carbocycles. The van der Waals surface area contributed by atoms with Crippen molar-refractivity contribution >= 4 is 11.6 Å². The molecule has 1 amide bonds. The molecule has 23 heavy (non-hydrogen) atoms. The minimum atomic E-state index is -0.901. The Labute approximate surface area is 136 Å². The summed E-state index contributed by atoms with van der Waals surface area (Å²) in [5.74, 6) is 0.321. The minimum absolute atomic E-state index is 0.000541. The number of amides is 1. The van der Waals surface area contributed by atoms with Crippen LogP contribution in [-0.2, 0) is 4.79 Å². The maximum atomic E-state index is 12.1. The second-order valence-electron chi connectivity index (χ2n) is 6.25. The van der Waals surface area contributed by atoms with Gasteiger partial charge in [0.25, 0.3) is 0 Å². The van der Waals surface area contributed by atoms with Crippen molar-refractivity contribution in [1.82, 2.24) is 5.32 Å². The number of hydrogen-bond acceptors (Lipinski definition) is 5. The molecule has 0 saturated heterocycles. The molecule has 3 N–H and O–H groups in total. The zero-order valence-corrected chi connectivity index (χ0v) is 13.7. The summed E-state index contributed by atoms with van der Waals surface area (Å²) < 4.78 is 5.61. The van der Waals surface area contributed by atoms with E-state index in [1.807, 2.05) is 26.0 Å². The number of carbonyl (C=O) groups is 1. The van der Waals surface area contributed by atoms with Crippen LogP contribution in [0.1, 0.15) is 38.9 Å². The molecule has 0 aromatic heterocycles. The number of fused-ring (bicyclic) bond motifs is 1. The van der Waals surface area contributed by atoms with Gasteiger partial charge in [0.2, 0.25) is 5.91 Å². The lowest BCUT2D eigenvalue weighted by Crippen LogP contribution is -2.50. The lowest BCUT2D eigenvalue weighted by atomic mass is 9.90. The Morgan fingerprint density at radius 3 is 2.96 bits per heavy atom. The average Bonchev–Trinajstić information content (AvgIpc) is 2.53. The normalized spacial score (nSPS) is 19.0. The summed E-state index contributed by atoms with van der Waals surface area (Å²) in [5.41, 5.74) is 0.493. The Morgan fingerprint density at radius 2 is 2.30 bits per heavy atom. The van der Waals surface area contributed by atoms with Gasteiger partial charge < -0.3 is 20.5 Å². The number of nitrogens with zero attached hydrogens (tertiary/aromatic N) is 1. The van der Waals surface area contributed by atoms with Crippen molar-refractivity contribution < 1.29 is 14.6 Å². The van der Waals surface area contributed by atoms with Gasteiger partial charge in [-0.2, -0.15) is 5.26 Å². The van der Waals surface area contributed by atoms with Crippen molar-refractivity contribution in [3.8, 4) is 11.8 Å². The van der Waals surface area contributed by atoms with Crippen molar-refractivity contribution in [2.45, 2.75) is 38.8 Å². The largest absolute Gasteiger partial charge is 0.491 e. The Balaban J connectivity index is 2.03. The second kappa shape index (κ2) is 6.88. The van der Waals surface area contributed by atoms with Crippen molar-refractivity contribution in [2.75, 3.05) is 18.5 Å². The topological polar surface area (TPSA) is 94.4 Å². The number of nitriles is 1. The highest BCUT2D eigenvalue weighted by atomic mass is 16.5. The SMILES string of the molecule is CC(C)[C@](C)(C#N)NC(=O)CNc1cccc2c1OCC[C@@H]2O. The maximum absolute atomic E-state index is 12.1. The van der Waals surface area contributed by atoms with Crippen LogP contribution in [0.4, 0.5) is 5.69 Å². The molecule has 2 atom stereocenters. The highest BCUT2D eigenvalue weighted by Crippen LogP contribution is 2.37. The monoisotopic (exact) mass is 317 g/mol. The molecule has 0 radical (unpaired) electrons. The summed E-state index contributed by atoms with van der Waals surface area (Å²) in [7, 11) is 0. The number of aliphatic hydroxyl groups excluding tert-OH is 1. The van der Waals surface area contributed by atoms with Gasteiger partial charge in [0.05, 0.1) is 31.0 Å². The van der Waals surface area contributed by atoms with Gasteiger partial charge in [-0.15, -0.1) is 0 Å². The first-order valence-corrected chi connectivity index (χ1v) is 7.77. The van der Waals surface area contributed by atoms with Gasteiger partial charge in [0, 0.05) is 12.0 Å². The molecule has 0 fully saturated rings. The lowest BCUT2D eigenvalue weighted by Gasteiger charge is -2.28. The predicted molar refractivity (Wildman–Crippen MR) is 87.0 cm³/mol. The zero-order valence-electron chi connectivity index (χ0n) is 13.7. The molecule has 1 heterocycles. The number of para-hydroxylation sites is 1. The molecule has 0 bridgehead atoms. The number of hydrogen-bond donors (Lipinski definition) is 3. The third-order valence-electron chi connectivity index (χ3n) is 4.27. The van der Waals surface area contributed by atoms with Crippen molar-refractivity contribution in [3.63, 3.8) is 0 Å². The number of carbonyl (C=O) groups excluding carboxylic acids is 1. The summed E-state index contributed by atoms with van der Waals surface area (Å²) in [4.78, 5) is 12.1. The number of benzene rings is 1. The molecule has 124 valence electrons. The van der Waals surface area contributed by atoms with Crippen LogP contribution >= 0.6 is 0 Å². The number of rotatable bonds is 5. The summed E-state index contributed by atoms with van der Waals surface area (Å²) in [6, 6.07) is 7.57. The third kappa shape index (κ3) is 3.74. The number of ether oxygens (including phenoxy) is 1. The van der Waals surface area contributed by atoms with E-state index >= 15 is 0 Å². The summed E-state index contributed by atoms with van der Waals surface area (Å²) >= 11 is 0. The Kier molecular flexibility index (Phi) is 5.12. The highest BCUT2D eigenvalue weighted by molar-refractivity contribution is 5.82. The van der Waals surface area contributed by atoms with E-state index in [1.54, 1.807) is 13.0 Å². The van der Waals surface area contributed by atoms with Crippen LogP contribution < -0.4 is 15.4 Å². The third-order valence-corrected chi connectivity index (χ3v) is 4.27. The Bertz CT molecular complexity index is 624. The van der Waals surface area contributed by atoms with Gasteiger partial charge in [-0.05, 0) is 18.9 Å². The fraction of sp³-hybridized carbons (Fsp3) is 0.529. The van der Waals surface area contributed by atoms with Gasteiger partial charge in [0.15, 0.2) is 0 Å². The van der Waals surface area contributed by atoms with E-state index in [1.165, 1.54) is 0 Å².